The average Bonchev–Trinajstić information content (AvgIpc) is 1.82. The van der Waals surface area contributed by atoms with E-state index >= 15 is 0 Å². The zero-order valence-corrected chi connectivity index (χ0v) is 6.52. The lowest BCUT2D eigenvalue weighted by Crippen LogP contribution is -2.38. The summed E-state index contributed by atoms with van der Waals surface area (Å²) in [5.74, 6) is 0. The molecular formula is C6H17N3. The molecule has 0 radical (unpaired) electrons. The Bertz CT molecular complexity index is 63.3. The first-order valence-electron chi connectivity index (χ1n) is 3.25. The quantitative estimate of drug-likeness (QED) is 0.503. The maximum absolute atomic E-state index is 5.69. The van der Waals surface area contributed by atoms with Crippen molar-refractivity contribution in [3.05, 3.63) is 0 Å². The van der Waals surface area contributed by atoms with E-state index in [0.29, 0.717) is 0 Å². The Morgan fingerprint density at radius 2 is 2.11 bits per heavy atom. The van der Waals surface area contributed by atoms with E-state index in [-0.39, 0.29) is 6.17 Å². The van der Waals surface area contributed by atoms with Crippen molar-refractivity contribution in [2.75, 3.05) is 27.7 Å². The van der Waals surface area contributed by atoms with Gasteiger partial charge in [0.25, 0.3) is 0 Å². The van der Waals surface area contributed by atoms with Gasteiger partial charge in [-0.1, -0.05) is 0 Å². The number of hydrogen-bond acceptors (Lipinski definition) is 3. The fourth-order valence-corrected chi connectivity index (χ4v) is 0.550. The van der Waals surface area contributed by atoms with Gasteiger partial charge in [0.05, 0.1) is 6.17 Å². The minimum atomic E-state index is 0.192. The lowest BCUT2D eigenvalue weighted by atomic mass is 10.3. The Labute approximate surface area is 57.2 Å². The van der Waals surface area contributed by atoms with Crippen molar-refractivity contribution < 1.29 is 0 Å². The monoisotopic (exact) mass is 131 g/mol. The van der Waals surface area contributed by atoms with Crippen LogP contribution in [0.3, 0.4) is 0 Å². The number of hydrogen-bond donors (Lipinski definition) is 2. The first-order chi connectivity index (χ1) is 4.18. The molecule has 1 atom stereocenters. The topological polar surface area (TPSA) is 41.3 Å². The van der Waals surface area contributed by atoms with Gasteiger partial charge in [0.1, 0.15) is 0 Å². The number of nitrogens with zero attached hydrogens (tertiary/aromatic N) is 1. The second-order valence-corrected chi connectivity index (χ2v) is 2.42. The zero-order chi connectivity index (χ0) is 7.28. The summed E-state index contributed by atoms with van der Waals surface area (Å²) in [5, 5.41) is 3.05. The molecule has 0 heterocycles. The first-order valence-corrected chi connectivity index (χ1v) is 3.25. The summed E-state index contributed by atoms with van der Waals surface area (Å²) in [4.78, 5) is 2.01. The second-order valence-electron chi connectivity index (χ2n) is 2.42. The predicted octanol–water partition coefficient (Wildman–Crippen LogP) is -0.558. The fourth-order valence-electron chi connectivity index (χ4n) is 0.550. The van der Waals surface area contributed by atoms with E-state index < -0.39 is 0 Å². The summed E-state index contributed by atoms with van der Waals surface area (Å²) in [7, 11) is 5.91. The van der Waals surface area contributed by atoms with E-state index in [4.69, 9.17) is 5.73 Å². The van der Waals surface area contributed by atoms with Crippen LogP contribution >= 0.6 is 0 Å². The molecule has 0 aliphatic heterocycles. The average molecular weight is 131 g/mol. The molecule has 0 aromatic rings. The Morgan fingerprint density at radius 1 is 1.56 bits per heavy atom. The molecule has 0 rings (SSSR count). The molecule has 0 aliphatic rings. The molecule has 0 fully saturated rings. The van der Waals surface area contributed by atoms with Crippen molar-refractivity contribution in [3.8, 4) is 0 Å². The van der Waals surface area contributed by atoms with Crippen LogP contribution in [-0.4, -0.2) is 38.8 Å². The summed E-state index contributed by atoms with van der Waals surface area (Å²) < 4.78 is 0. The van der Waals surface area contributed by atoms with Crippen LogP contribution < -0.4 is 11.1 Å². The van der Waals surface area contributed by atoms with Crippen molar-refractivity contribution in [2.45, 2.75) is 12.6 Å². The van der Waals surface area contributed by atoms with Crippen LogP contribution in [0.2, 0.25) is 0 Å². The highest BCUT2D eigenvalue weighted by atomic mass is 15.2. The Hall–Kier alpha value is -0.120. The summed E-state index contributed by atoms with van der Waals surface area (Å²) in [6, 6.07) is 0. The van der Waals surface area contributed by atoms with Gasteiger partial charge >= 0.3 is 0 Å². The third-order valence-corrected chi connectivity index (χ3v) is 1.35. The molecule has 0 saturated carbocycles. The molecule has 0 aromatic carbocycles. The summed E-state index contributed by atoms with van der Waals surface area (Å²) in [6.45, 7) is 0.985. The Kier molecular flexibility index (Phi) is 4.67. The van der Waals surface area contributed by atoms with E-state index in [1.165, 1.54) is 0 Å². The molecule has 0 saturated heterocycles. The summed E-state index contributed by atoms with van der Waals surface area (Å²) in [5.41, 5.74) is 5.69. The highest BCUT2D eigenvalue weighted by Crippen LogP contribution is 1.87. The van der Waals surface area contributed by atoms with Gasteiger partial charge in [-0.2, -0.15) is 0 Å². The van der Waals surface area contributed by atoms with Crippen molar-refractivity contribution >= 4 is 0 Å². The molecule has 56 valence electrons. The minimum absolute atomic E-state index is 0.192. The van der Waals surface area contributed by atoms with Crippen LogP contribution in [0.4, 0.5) is 0 Å². The van der Waals surface area contributed by atoms with Crippen LogP contribution in [0, 0.1) is 0 Å². The number of nitrogens with one attached hydrogen (secondary N) is 1. The SMILES string of the molecule is CNCCC(N)N(C)C. The van der Waals surface area contributed by atoms with Crippen molar-refractivity contribution in [3.63, 3.8) is 0 Å². The molecule has 0 spiro atoms. The van der Waals surface area contributed by atoms with E-state index in [1.54, 1.807) is 0 Å². The maximum atomic E-state index is 5.69. The van der Waals surface area contributed by atoms with Crippen molar-refractivity contribution in [1.29, 1.82) is 0 Å². The minimum Gasteiger partial charge on any atom is -0.320 e. The molecular weight excluding hydrogens is 114 g/mol. The van der Waals surface area contributed by atoms with Crippen LogP contribution in [0.15, 0.2) is 0 Å². The number of nitrogens with two attached hydrogens (primary N) is 1. The lowest BCUT2D eigenvalue weighted by molar-refractivity contribution is 0.284. The lowest BCUT2D eigenvalue weighted by Gasteiger charge is -2.18. The maximum Gasteiger partial charge on any atom is 0.0578 e. The molecule has 1 unspecified atom stereocenters. The molecule has 3 N–H and O–H groups in total. The smallest absolute Gasteiger partial charge is 0.0578 e. The predicted molar refractivity (Wildman–Crippen MR) is 40.2 cm³/mol. The molecule has 3 nitrogen and oxygen atoms in total. The van der Waals surface area contributed by atoms with Crippen LogP contribution in [0.5, 0.6) is 0 Å². The van der Waals surface area contributed by atoms with Crippen LogP contribution in [0.1, 0.15) is 6.42 Å². The van der Waals surface area contributed by atoms with Crippen molar-refractivity contribution in [1.82, 2.24) is 10.2 Å². The third-order valence-electron chi connectivity index (χ3n) is 1.35. The molecule has 0 bridgehead atoms. The highest BCUT2D eigenvalue weighted by molar-refractivity contribution is 4.57. The third kappa shape index (κ3) is 4.39. The van der Waals surface area contributed by atoms with Gasteiger partial charge in [-0.05, 0) is 34.1 Å². The highest BCUT2D eigenvalue weighted by Gasteiger charge is 2.01. The first kappa shape index (κ1) is 8.88. The largest absolute Gasteiger partial charge is 0.320 e. The van der Waals surface area contributed by atoms with Gasteiger partial charge < -0.3 is 11.1 Å². The zero-order valence-electron chi connectivity index (χ0n) is 6.52. The van der Waals surface area contributed by atoms with Crippen LogP contribution in [-0.2, 0) is 0 Å². The second kappa shape index (κ2) is 4.73. The van der Waals surface area contributed by atoms with Crippen molar-refractivity contribution in [2.24, 2.45) is 5.73 Å². The molecule has 0 aliphatic carbocycles. The summed E-state index contributed by atoms with van der Waals surface area (Å²) >= 11 is 0. The number of rotatable bonds is 4. The molecule has 3 heteroatoms. The van der Waals surface area contributed by atoms with E-state index in [0.717, 1.165) is 13.0 Å². The molecule has 0 amide bonds. The van der Waals surface area contributed by atoms with E-state index in [9.17, 15) is 0 Å². The van der Waals surface area contributed by atoms with Crippen LogP contribution in [0.25, 0.3) is 0 Å². The molecule has 9 heavy (non-hydrogen) atoms. The summed E-state index contributed by atoms with van der Waals surface area (Å²) in [6.07, 6.45) is 1.20. The normalized spacial score (nSPS) is 14.3. The van der Waals surface area contributed by atoms with Gasteiger partial charge in [0.15, 0.2) is 0 Å². The van der Waals surface area contributed by atoms with E-state index in [2.05, 4.69) is 5.32 Å². The Morgan fingerprint density at radius 3 is 2.44 bits per heavy atom. The van der Waals surface area contributed by atoms with Gasteiger partial charge in [-0.25, -0.2) is 0 Å². The van der Waals surface area contributed by atoms with Gasteiger partial charge in [0.2, 0.25) is 0 Å². The van der Waals surface area contributed by atoms with E-state index in [1.807, 2.05) is 26.0 Å². The standard InChI is InChI=1S/C6H17N3/c1-8-5-4-6(7)9(2)3/h6,8H,4-5,7H2,1-3H3. The van der Waals surface area contributed by atoms with Gasteiger partial charge in [-0.3, -0.25) is 4.90 Å². The van der Waals surface area contributed by atoms with Gasteiger partial charge in [0, 0.05) is 0 Å². The fraction of sp³-hybridized carbons (Fsp3) is 1.00. The Balaban J connectivity index is 3.16. The van der Waals surface area contributed by atoms with Gasteiger partial charge in [-0.15, -0.1) is 0 Å². The molecule has 0 aromatic heterocycles.